The van der Waals surface area contributed by atoms with Crippen LogP contribution in [0, 0.1) is 0 Å². The van der Waals surface area contributed by atoms with E-state index in [0.29, 0.717) is 41.9 Å². The molecule has 3 aromatic rings. The number of rotatable bonds is 4. The Hall–Kier alpha value is -2.36. The van der Waals surface area contributed by atoms with Crippen molar-refractivity contribution in [2.75, 3.05) is 26.3 Å². The summed E-state index contributed by atoms with van der Waals surface area (Å²) in [5, 5.41) is 0.363. The molecule has 0 bridgehead atoms. The molecule has 0 N–H and O–H groups in total. The molecule has 0 radical (unpaired) electrons. The van der Waals surface area contributed by atoms with E-state index in [1.165, 1.54) is 28.6 Å². The van der Waals surface area contributed by atoms with Gasteiger partial charge in [-0.25, -0.2) is 8.42 Å². The van der Waals surface area contributed by atoms with E-state index in [1.807, 2.05) is 0 Å². The summed E-state index contributed by atoms with van der Waals surface area (Å²) in [5.41, 5.74) is -0.203. The Morgan fingerprint density at radius 2 is 1.67 bits per heavy atom. The van der Waals surface area contributed by atoms with Crippen LogP contribution in [0.5, 0.6) is 0 Å². The molecular weight excluding hydrogens is 419 g/mol. The van der Waals surface area contributed by atoms with Gasteiger partial charge in [0.2, 0.25) is 10.0 Å². The van der Waals surface area contributed by atoms with Crippen LogP contribution in [0.4, 0.5) is 13.2 Å². The highest BCUT2D eigenvalue weighted by atomic mass is 32.2. The third-order valence-corrected chi connectivity index (χ3v) is 7.03. The number of fused-ring (bicyclic) bond motifs is 1. The molecule has 160 valence electrons. The Bertz CT molecular complexity index is 1160. The van der Waals surface area contributed by atoms with Crippen LogP contribution in [-0.2, 0) is 27.4 Å². The van der Waals surface area contributed by atoms with Gasteiger partial charge in [-0.2, -0.15) is 17.5 Å². The van der Waals surface area contributed by atoms with Gasteiger partial charge in [-0.15, -0.1) is 0 Å². The first-order valence-corrected chi connectivity index (χ1v) is 11.0. The zero-order valence-corrected chi connectivity index (χ0v) is 17.0. The molecule has 0 aliphatic carbocycles. The first-order chi connectivity index (χ1) is 14.2. The largest absolute Gasteiger partial charge is 0.460 e. The molecule has 30 heavy (non-hydrogen) atoms. The Morgan fingerprint density at radius 3 is 2.27 bits per heavy atom. The van der Waals surface area contributed by atoms with Crippen LogP contribution < -0.4 is 0 Å². The summed E-state index contributed by atoms with van der Waals surface area (Å²) in [6, 6.07) is 10.2. The number of alkyl halides is 3. The van der Waals surface area contributed by atoms with Crippen molar-refractivity contribution in [3.63, 3.8) is 0 Å². The van der Waals surface area contributed by atoms with Crippen molar-refractivity contribution in [1.82, 2.24) is 4.31 Å². The van der Waals surface area contributed by atoms with E-state index in [2.05, 4.69) is 0 Å². The lowest BCUT2D eigenvalue weighted by molar-refractivity contribution is -0.136. The number of hydrogen-bond donors (Lipinski definition) is 0. The summed E-state index contributed by atoms with van der Waals surface area (Å²) in [5.74, 6) is 0.472. The minimum Gasteiger partial charge on any atom is -0.460 e. The van der Waals surface area contributed by atoms with Gasteiger partial charge < -0.3 is 9.15 Å². The maximum Gasteiger partial charge on any atom is 0.420 e. The van der Waals surface area contributed by atoms with Crippen molar-refractivity contribution in [3.8, 4) is 11.1 Å². The van der Waals surface area contributed by atoms with Gasteiger partial charge in [0, 0.05) is 24.9 Å². The van der Waals surface area contributed by atoms with Gasteiger partial charge in [0.25, 0.3) is 0 Å². The number of hydrogen-bond acceptors (Lipinski definition) is 4. The average Bonchev–Trinajstić information content (AvgIpc) is 3.16. The fraction of sp³-hybridized carbons (Fsp3) is 0.333. The monoisotopic (exact) mass is 439 g/mol. The van der Waals surface area contributed by atoms with Gasteiger partial charge in [0.15, 0.2) is 0 Å². The Balaban J connectivity index is 1.74. The van der Waals surface area contributed by atoms with E-state index >= 15 is 0 Å². The van der Waals surface area contributed by atoms with Crippen molar-refractivity contribution in [2.24, 2.45) is 0 Å². The highest BCUT2D eigenvalue weighted by molar-refractivity contribution is 7.89. The van der Waals surface area contributed by atoms with Gasteiger partial charge in [0.05, 0.1) is 23.7 Å². The summed E-state index contributed by atoms with van der Waals surface area (Å²) in [6.07, 6.45) is -4.09. The van der Waals surface area contributed by atoms with Crippen LogP contribution in [-0.4, -0.2) is 39.0 Å². The number of furan rings is 1. The SMILES string of the molecule is CCc1cc2cc(-c3ccc(S(=O)(=O)N4CCOCC4)cc3)cc(C(F)(F)F)c2o1. The van der Waals surface area contributed by atoms with Crippen LogP contribution in [0.2, 0.25) is 0 Å². The molecule has 1 aliphatic rings. The molecule has 2 heterocycles. The molecule has 0 spiro atoms. The predicted molar refractivity (Wildman–Crippen MR) is 106 cm³/mol. The highest BCUT2D eigenvalue weighted by Gasteiger charge is 2.35. The maximum atomic E-state index is 13.6. The van der Waals surface area contributed by atoms with Gasteiger partial charge in [-0.05, 0) is 41.5 Å². The van der Waals surface area contributed by atoms with E-state index in [0.717, 1.165) is 6.07 Å². The van der Waals surface area contributed by atoms with Crippen LogP contribution in [0.15, 0.2) is 51.8 Å². The summed E-state index contributed by atoms with van der Waals surface area (Å²) < 4.78 is 78.2. The molecule has 0 unspecified atom stereocenters. The molecule has 1 saturated heterocycles. The number of morpholine rings is 1. The second-order valence-corrected chi connectivity index (χ2v) is 8.98. The fourth-order valence-corrected chi connectivity index (χ4v) is 4.92. The predicted octanol–water partition coefficient (Wildman–Crippen LogP) is 4.70. The second kappa shape index (κ2) is 7.72. The smallest absolute Gasteiger partial charge is 0.420 e. The number of nitrogens with zero attached hydrogens (tertiary/aromatic N) is 1. The van der Waals surface area contributed by atoms with Crippen molar-refractivity contribution < 1.29 is 30.7 Å². The van der Waals surface area contributed by atoms with E-state index in [4.69, 9.17) is 9.15 Å². The van der Waals surface area contributed by atoms with Gasteiger partial charge >= 0.3 is 6.18 Å². The molecule has 1 fully saturated rings. The van der Waals surface area contributed by atoms with E-state index in [9.17, 15) is 21.6 Å². The molecule has 1 aliphatic heterocycles. The van der Waals surface area contributed by atoms with E-state index in [-0.39, 0.29) is 23.6 Å². The van der Waals surface area contributed by atoms with E-state index < -0.39 is 21.8 Å². The quantitative estimate of drug-likeness (QED) is 0.591. The molecule has 1 aromatic heterocycles. The Labute approximate surface area is 172 Å². The Kier molecular flexibility index (Phi) is 5.37. The lowest BCUT2D eigenvalue weighted by Crippen LogP contribution is -2.40. The van der Waals surface area contributed by atoms with Crippen molar-refractivity contribution >= 4 is 21.0 Å². The van der Waals surface area contributed by atoms with Crippen LogP contribution in [0.3, 0.4) is 0 Å². The summed E-state index contributed by atoms with van der Waals surface area (Å²) in [4.78, 5) is 0.0989. The van der Waals surface area contributed by atoms with Gasteiger partial charge in [0.1, 0.15) is 11.3 Å². The molecule has 0 atom stereocenters. The van der Waals surface area contributed by atoms with Crippen LogP contribution in [0.1, 0.15) is 18.2 Å². The molecule has 2 aromatic carbocycles. The van der Waals surface area contributed by atoms with Crippen molar-refractivity contribution in [3.05, 3.63) is 53.8 Å². The highest BCUT2D eigenvalue weighted by Crippen LogP contribution is 2.39. The Morgan fingerprint density at radius 1 is 1.00 bits per heavy atom. The molecule has 0 amide bonds. The standard InChI is InChI=1S/C21H20F3NO4S/c1-2-17-12-16-11-15(13-19(20(16)29-17)21(22,23)24)14-3-5-18(6-4-14)30(26,27)25-7-9-28-10-8-25/h3-6,11-13H,2,7-10H2,1H3. The number of benzene rings is 2. The summed E-state index contributed by atoms with van der Waals surface area (Å²) >= 11 is 0. The number of aryl methyl sites for hydroxylation is 1. The van der Waals surface area contributed by atoms with E-state index in [1.54, 1.807) is 19.1 Å². The topological polar surface area (TPSA) is 59.8 Å². The van der Waals surface area contributed by atoms with Crippen LogP contribution in [0.25, 0.3) is 22.1 Å². The lowest BCUT2D eigenvalue weighted by atomic mass is 10.0. The number of ether oxygens (including phenoxy) is 1. The first-order valence-electron chi connectivity index (χ1n) is 9.52. The average molecular weight is 439 g/mol. The van der Waals surface area contributed by atoms with Gasteiger partial charge in [-0.3, -0.25) is 0 Å². The summed E-state index contributed by atoms with van der Waals surface area (Å²) in [6.45, 7) is 3.02. The fourth-order valence-electron chi connectivity index (χ4n) is 3.51. The normalized spacial score (nSPS) is 16.3. The third kappa shape index (κ3) is 3.84. The number of halogens is 3. The minimum atomic E-state index is -4.57. The van der Waals surface area contributed by atoms with Gasteiger partial charge in [-0.1, -0.05) is 19.1 Å². The third-order valence-electron chi connectivity index (χ3n) is 5.12. The summed E-state index contributed by atoms with van der Waals surface area (Å²) in [7, 11) is -3.67. The first kappa shape index (κ1) is 20.9. The zero-order chi connectivity index (χ0) is 21.5. The molecule has 5 nitrogen and oxygen atoms in total. The second-order valence-electron chi connectivity index (χ2n) is 7.05. The number of sulfonamides is 1. The van der Waals surface area contributed by atoms with Crippen molar-refractivity contribution in [1.29, 1.82) is 0 Å². The minimum absolute atomic E-state index is 0.0989. The van der Waals surface area contributed by atoms with Crippen molar-refractivity contribution in [2.45, 2.75) is 24.4 Å². The molecule has 4 rings (SSSR count). The molecular formula is C21H20F3NO4S. The maximum absolute atomic E-state index is 13.6. The molecule has 9 heteroatoms. The molecule has 0 saturated carbocycles. The van der Waals surface area contributed by atoms with Crippen LogP contribution >= 0.6 is 0 Å². The lowest BCUT2D eigenvalue weighted by Gasteiger charge is -2.26. The zero-order valence-electron chi connectivity index (χ0n) is 16.2.